The van der Waals surface area contributed by atoms with E-state index in [1.165, 1.54) is 128 Å². The largest absolute Gasteiger partial charge is 0.394 e. The number of allylic oxidation sites excluding steroid dienone is 9. The number of unbranched alkanes of at least 4 members (excludes halogenated alkanes) is 22. The maximum Gasteiger partial charge on any atom is 0.220 e. The number of aliphatic hydroxyl groups excluding tert-OH is 2. The van der Waals surface area contributed by atoms with Crippen LogP contribution in [0.25, 0.3) is 0 Å². The van der Waals surface area contributed by atoms with Crippen molar-refractivity contribution in [1.82, 2.24) is 5.32 Å². The predicted octanol–water partition coefficient (Wildman–Crippen LogP) is 13.0. The Morgan fingerprint density at radius 1 is 0.490 bits per heavy atom. The van der Waals surface area contributed by atoms with Gasteiger partial charge in [0.2, 0.25) is 5.91 Å². The second kappa shape index (κ2) is 40.5. The summed E-state index contributed by atoms with van der Waals surface area (Å²) in [6.07, 6.45) is 56.0. The van der Waals surface area contributed by atoms with Crippen molar-refractivity contribution in [3.8, 4) is 0 Å². The zero-order valence-electron chi connectivity index (χ0n) is 32.4. The van der Waals surface area contributed by atoms with Gasteiger partial charge in [-0.25, -0.2) is 0 Å². The predicted molar refractivity (Wildman–Crippen MR) is 216 cm³/mol. The van der Waals surface area contributed by atoms with Gasteiger partial charge >= 0.3 is 0 Å². The quantitative estimate of drug-likeness (QED) is 0.0451. The van der Waals surface area contributed by atoms with Crippen molar-refractivity contribution in [2.24, 2.45) is 0 Å². The third-order valence-electron chi connectivity index (χ3n) is 9.22. The minimum atomic E-state index is -0.866. The summed E-state index contributed by atoms with van der Waals surface area (Å²) in [5, 5.41) is 22.9. The van der Waals surface area contributed by atoms with Crippen LogP contribution in [0.2, 0.25) is 0 Å². The van der Waals surface area contributed by atoms with Crippen LogP contribution in [-0.4, -0.2) is 34.9 Å². The molecule has 0 fully saturated rings. The van der Waals surface area contributed by atoms with Gasteiger partial charge in [0, 0.05) is 6.42 Å². The molecule has 2 atom stereocenters. The van der Waals surface area contributed by atoms with Crippen LogP contribution in [0, 0.1) is 0 Å². The Bertz CT molecular complexity index is 827. The van der Waals surface area contributed by atoms with E-state index < -0.39 is 12.1 Å². The van der Waals surface area contributed by atoms with E-state index in [4.69, 9.17) is 0 Å². The number of hydrogen-bond acceptors (Lipinski definition) is 3. The van der Waals surface area contributed by atoms with Crippen LogP contribution in [-0.2, 0) is 4.79 Å². The monoisotopic (exact) mass is 684 g/mol. The number of carbonyl (C=O) groups excluding carboxylic acids is 1. The molecular weight excluding hydrogens is 602 g/mol. The number of rotatable bonds is 37. The minimum Gasteiger partial charge on any atom is -0.394 e. The van der Waals surface area contributed by atoms with Gasteiger partial charge in [-0.05, 0) is 70.6 Å². The topological polar surface area (TPSA) is 69.6 Å². The highest BCUT2D eigenvalue weighted by molar-refractivity contribution is 5.76. The van der Waals surface area contributed by atoms with Crippen molar-refractivity contribution in [1.29, 1.82) is 0 Å². The molecule has 0 aromatic carbocycles. The van der Waals surface area contributed by atoms with Crippen molar-refractivity contribution in [2.45, 2.75) is 212 Å². The second-order valence-corrected chi connectivity index (χ2v) is 14.0. The molecule has 0 rings (SSSR count). The van der Waals surface area contributed by atoms with Crippen LogP contribution in [0.4, 0.5) is 0 Å². The third kappa shape index (κ3) is 37.2. The standard InChI is InChI=1S/C45H81NO3/c1-3-5-7-9-11-13-15-17-19-20-21-22-23-24-25-26-27-29-31-33-35-37-39-41-45(49)46-43(42-47)44(48)40-38-36-34-32-30-28-18-16-14-12-10-8-6-4-2/h15,17,20-21,23-24,30,32,38,40,43-44,47-48H,3-14,16,18-19,22,25-29,31,33-37,39,41-42H2,1-2H3,(H,46,49)/b17-15-,21-20-,24-23-,32-30+,40-38+. The zero-order chi connectivity index (χ0) is 35.7. The van der Waals surface area contributed by atoms with E-state index in [9.17, 15) is 15.0 Å². The van der Waals surface area contributed by atoms with E-state index in [0.29, 0.717) is 6.42 Å². The highest BCUT2D eigenvalue weighted by Crippen LogP contribution is 2.12. The number of nitrogens with one attached hydrogen (secondary N) is 1. The lowest BCUT2D eigenvalue weighted by Crippen LogP contribution is -2.45. The van der Waals surface area contributed by atoms with Crippen molar-refractivity contribution < 1.29 is 15.0 Å². The highest BCUT2D eigenvalue weighted by Gasteiger charge is 2.17. The second-order valence-electron chi connectivity index (χ2n) is 14.0. The summed E-state index contributed by atoms with van der Waals surface area (Å²) < 4.78 is 0. The van der Waals surface area contributed by atoms with Crippen LogP contribution >= 0.6 is 0 Å². The molecule has 0 aromatic heterocycles. The van der Waals surface area contributed by atoms with Gasteiger partial charge in [-0.1, -0.05) is 184 Å². The molecule has 0 aromatic rings. The number of aliphatic hydroxyl groups is 2. The van der Waals surface area contributed by atoms with Crippen LogP contribution < -0.4 is 5.32 Å². The Labute approximate surface area is 305 Å². The number of hydrogen-bond donors (Lipinski definition) is 3. The van der Waals surface area contributed by atoms with Crippen LogP contribution in [0.1, 0.15) is 200 Å². The Morgan fingerprint density at radius 3 is 1.33 bits per heavy atom. The van der Waals surface area contributed by atoms with E-state index in [0.717, 1.165) is 51.4 Å². The molecule has 1 amide bonds. The molecule has 284 valence electrons. The fraction of sp³-hybridized carbons (Fsp3) is 0.756. The van der Waals surface area contributed by atoms with Gasteiger partial charge in [0.1, 0.15) is 0 Å². The minimum absolute atomic E-state index is 0.0840. The average molecular weight is 684 g/mol. The summed E-state index contributed by atoms with van der Waals surface area (Å²) in [6, 6.07) is -0.644. The molecule has 0 aliphatic carbocycles. The van der Waals surface area contributed by atoms with E-state index in [2.05, 4.69) is 67.8 Å². The molecule has 4 heteroatoms. The SMILES string of the molecule is CCCCCCC/C=C\C/C=C\C/C=C\CCCCCCCCCCC(=O)NC(CO)C(O)/C=C/CC/C=C/CCCCCCCCCC. The smallest absolute Gasteiger partial charge is 0.220 e. The van der Waals surface area contributed by atoms with Crippen LogP contribution in [0.3, 0.4) is 0 Å². The summed E-state index contributed by atoms with van der Waals surface area (Å²) >= 11 is 0. The molecule has 3 N–H and O–H groups in total. The normalized spacial score (nSPS) is 13.6. The molecule has 49 heavy (non-hydrogen) atoms. The first-order valence-corrected chi connectivity index (χ1v) is 21.0. The zero-order valence-corrected chi connectivity index (χ0v) is 32.4. The molecule has 0 saturated heterocycles. The van der Waals surface area contributed by atoms with E-state index in [-0.39, 0.29) is 12.5 Å². The van der Waals surface area contributed by atoms with Gasteiger partial charge in [0.25, 0.3) is 0 Å². The lowest BCUT2D eigenvalue weighted by atomic mass is 10.1. The lowest BCUT2D eigenvalue weighted by molar-refractivity contribution is -0.123. The number of amides is 1. The van der Waals surface area contributed by atoms with Crippen LogP contribution in [0.15, 0.2) is 60.8 Å². The summed E-state index contributed by atoms with van der Waals surface area (Å²) in [7, 11) is 0. The Hall–Kier alpha value is -1.91. The molecule has 2 unspecified atom stereocenters. The average Bonchev–Trinajstić information content (AvgIpc) is 3.10. The van der Waals surface area contributed by atoms with Crippen LogP contribution in [0.5, 0.6) is 0 Å². The third-order valence-corrected chi connectivity index (χ3v) is 9.22. The van der Waals surface area contributed by atoms with Gasteiger partial charge in [-0.2, -0.15) is 0 Å². The van der Waals surface area contributed by atoms with E-state index >= 15 is 0 Å². The first-order chi connectivity index (χ1) is 24.2. The number of carbonyl (C=O) groups is 1. The highest BCUT2D eigenvalue weighted by atomic mass is 16.3. The van der Waals surface area contributed by atoms with Gasteiger partial charge in [0.15, 0.2) is 0 Å². The first-order valence-electron chi connectivity index (χ1n) is 21.0. The molecule has 0 radical (unpaired) electrons. The first kappa shape index (κ1) is 47.1. The maximum atomic E-state index is 12.4. The van der Waals surface area contributed by atoms with Gasteiger partial charge < -0.3 is 15.5 Å². The summed E-state index contributed by atoms with van der Waals surface area (Å²) in [5.41, 5.74) is 0. The Balaban J connectivity index is 3.65. The molecule has 0 saturated carbocycles. The van der Waals surface area contributed by atoms with Gasteiger partial charge in [-0.15, -0.1) is 0 Å². The summed E-state index contributed by atoms with van der Waals surface area (Å²) in [5.74, 6) is -0.0840. The fourth-order valence-electron chi connectivity index (χ4n) is 5.96. The Morgan fingerprint density at radius 2 is 0.857 bits per heavy atom. The van der Waals surface area contributed by atoms with Crippen molar-refractivity contribution in [3.05, 3.63) is 60.8 Å². The van der Waals surface area contributed by atoms with Crippen molar-refractivity contribution in [2.75, 3.05) is 6.61 Å². The lowest BCUT2D eigenvalue weighted by Gasteiger charge is -2.19. The van der Waals surface area contributed by atoms with Crippen molar-refractivity contribution in [3.63, 3.8) is 0 Å². The van der Waals surface area contributed by atoms with Crippen molar-refractivity contribution >= 4 is 5.91 Å². The molecular formula is C45H81NO3. The van der Waals surface area contributed by atoms with E-state index in [1.807, 2.05) is 6.08 Å². The molecule has 0 bridgehead atoms. The molecule has 0 spiro atoms. The van der Waals surface area contributed by atoms with E-state index in [1.54, 1.807) is 6.08 Å². The van der Waals surface area contributed by atoms with Gasteiger partial charge in [-0.3, -0.25) is 4.79 Å². The summed E-state index contributed by atoms with van der Waals surface area (Å²) in [4.78, 5) is 12.4. The molecule has 0 aliphatic heterocycles. The maximum absolute atomic E-state index is 12.4. The van der Waals surface area contributed by atoms with Gasteiger partial charge in [0.05, 0.1) is 18.8 Å². The molecule has 4 nitrogen and oxygen atoms in total. The molecule has 0 heterocycles. The molecule has 0 aliphatic rings. The fourth-order valence-corrected chi connectivity index (χ4v) is 5.96. The Kier molecular flexibility index (Phi) is 38.9. The summed E-state index contributed by atoms with van der Waals surface area (Å²) in [6.45, 7) is 4.27.